The van der Waals surface area contributed by atoms with E-state index in [0.29, 0.717) is 11.4 Å². The molecule has 0 saturated carbocycles. The van der Waals surface area contributed by atoms with Crippen molar-refractivity contribution in [1.82, 2.24) is 4.98 Å². The van der Waals surface area contributed by atoms with Gasteiger partial charge in [0.25, 0.3) is 0 Å². The van der Waals surface area contributed by atoms with Gasteiger partial charge in [0.2, 0.25) is 0 Å². The molecule has 0 bridgehead atoms. The van der Waals surface area contributed by atoms with Crippen LogP contribution in [-0.4, -0.2) is 23.8 Å². The van der Waals surface area contributed by atoms with Crippen molar-refractivity contribution in [1.29, 1.82) is 0 Å². The van der Waals surface area contributed by atoms with E-state index in [9.17, 15) is 9.59 Å². The Morgan fingerprint density at radius 1 is 1.40 bits per heavy atom. The average Bonchev–Trinajstić information content (AvgIpc) is 2.26. The average molecular weight is 205 g/mol. The highest BCUT2D eigenvalue weighted by Gasteiger charge is 2.00. The van der Waals surface area contributed by atoms with Gasteiger partial charge in [0, 0.05) is 13.0 Å². The first-order chi connectivity index (χ1) is 7.13. The van der Waals surface area contributed by atoms with Crippen LogP contribution in [-0.2, 0) is 9.53 Å². The predicted octanol–water partition coefficient (Wildman–Crippen LogP) is 1.47. The van der Waals surface area contributed by atoms with Crippen LogP contribution in [0.2, 0.25) is 0 Å². The molecule has 4 nitrogen and oxygen atoms in total. The lowest BCUT2D eigenvalue weighted by Gasteiger charge is -1.96. The number of carbonyl (C=O) groups is 2. The highest BCUT2D eigenvalue weighted by molar-refractivity contribution is 5.92. The maximum Gasteiger partial charge on any atom is 0.330 e. The number of ketones is 1. The first-order valence-corrected chi connectivity index (χ1v) is 4.37. The van der Waals surface area contributed by atoms with Gasteiger partial charge in [-0.2, -0.15) is 0 Å². The normalized spacial score (nSPS) is 10.3. The number of esters is 1. The molecule has 0 aliphatic carbocycles. The smallest absolute Gasteiger partial charge is 0.330 e. The van der Waals surface area contributed by atoms with E-state index in [1.54, 1.807) is 18.2 Å². The van der Waals surface area contributed by atoms with Crippen molar-refractivity contribution >= 4 is 17.8 Å². The Morgan fingerprint density at radius 2 is 2.13 bits per heavy atom. The summed E-state index contributed by atoms with van der Waals surface area (Å²) in [6, 6.07) is 5.03. The van der Waals surface area contributed by atoms with Crippen LogP contribution in [0.1, 0.15) is 23.1 Å². The molecule has 1 aromatic heterocycles. The third kappa shape index (κ3) is 3.34. The van der Waals surface area contributed by atoms with Crippen LogP contribution in [0.3, 0.4) is 0 Å². The predicted molar refractivity (Wildman–Crippen MR) is 55.3 cm³/mol. The van der Waals surface area contributed by atoms with Crippen molar-refractivity contribution < 1.29 is 14.3 Å². The monoisotopic (exact) mass is 205 g/mol. The van der Waals surface area contributed by atoms with Crippen molar-refractivity contribution in [2.24, 2.45) is 0 Å². The molecule has 1 heterocycles. The second kappa shape index (κ2) is 5.05. The SMILES string of the molecule is COC(=O)C=Cc1cccc(C(C)=O)n1. The first kappa shape index (κ1) is 11.1. The molecule has 15 heavy (non-hydrogen) atoms. The molecule has 0 aliphatic heterocycles. The molecule has 0 fully saturated rings. The van der Waals surface area contributed by atoms with E-state index in [-0.39, 0.29) is 5.78 Å². The van der Waals surface area contributed by atoms with Gasteiger partial charge in [-0.05, 0) is 18.2 Å². The number of hydrogen-bond donors (Lipinski definition) is 0. The van der Waals surface area contributed by atoms with Gasteiger partial charge in [-0.25, -0.2) is 9.78 Å². The third-order valence-corrected chi connectivity index (χ3v) is 1.72. The Labute approximate surface area is 87.6 Å². The number of ether oxygens (including phenoxy) is 1. The standard InChI is InChI=1S/C11H11NO3/c1-8(13)10-5-3-4-9(12-10)6-7-11(14)15-2/h3-7H,1-2H3. The molecule has 1 aromatic rings. The Balaban J connectivity index is 2.87. The van der Waals surface area contributed by atoms with Crippen LogP contribution >= 0.6 is 0 Å². The Hall–Kier alpha value is -1.97. The molecule has 0 N–H and O–H groups in total. The lowest BCUT2D eigenvalue weighted by Crippen LogP contribution is -1.98. The van der Waals surface area contributed by atoms with E-state index in [1.807, 2.05) is 0 Å². The Kier molecular flexibility index (Phi) is 3.74. The molecule has 0 atom stereocenters. The summed E-state index contributed by atoms with van der Waals surface area (Å²) >= 11 is 0. The lowest BCUT2D eigenvalue weighted by molar-refractivity contribution is -0.134. The number of methoxy groups -OCH3 is 1. The summed E-state index contributed by atoms with van der Waals surface area (Å²) in [5, 5.41) is 0. The van der Waals surface area contributed by atoms with Crippen molar-refractivity contribution in [3.8, 4) is 0 Å². The topological polar surface area (TPSA) is 56.3 Å². The molecule has 0 saturated heterocycles. The second-order valence-corrected chi connectivity index (χ2v) is 2.86. The van der Waals surface area contributed by atoms with E-state index in [0.717, 1.165) is 0 Å². The minimum atomic E-state index is -0.454. The van der Waals surface area contributed by atoms with Crippen molar-refractivity contribution in [2.75, 3.05) is 7.11 Å². The van der Waals surface area contributed by atoms with Crippen LogP contribution in [0, 0.1) is 0 Å². The van der Waals surface area contributed by atoms with E-state index in [4.69, 9.17) is 0 Å². The molecule has 0 unspecified atom stereocenters. The summed E-state index contributed by atoms with van der Waals surface area (Å²) in [4.78, 5) is 25.8. The number of aromatic nitrogens is 1. The Bertz CT molecular complexity index is 410. The van der Waals surface area contributed by atoms with E-state index < -0.39 is 5.97 Å². The van der Waals surface area contributed by atoms with Gasteiger partial charge in [0.05, 0.1) is 12.8 Å². The molecule has 0 aromatic carbocycles. The van der Waals surface area contributed by atoms with Crippen LogP contribution < -0.4 is 0 Å². The van der Waals surface area contributed by atoms with Gasteiger partial charge in [-0.3, -0.25) is 4.79 Å². The molecule has 0 amide bonds. The molecule has 4 heteroatoms. The zero-order chi connectivity index (χ0) is 11.3. The summed E-state index contributed by atoms with van der Waals surface area (Å²) < 4.78 is 4.43. The van der Waals surface area contributed by atoms with E-state index >= 15 is 0 Å². The minimum Gasteiger partial charge on any atom is -0.466 e. The fraction of sp³-hybridized carbons (Fsp3) is 0.182. The summed E-state index contributed by atoms with van der Waals surface area (Å²) in [6.45, 7) is 1.44. The summed E-state index contributed by atoms with van der Waals surface area (Å²) in [5.74, 6) is -0.562. The molecule has 78 valence electrons. The fourth-order valence-electron chi connectivity index (χ4n) is 0.962. The molecular weight excluding hydrogens is 194 g/mol. The zero-order valence-electron chi connectivity index (χ0n) is 8.56. The number of carbonyl (C=O) groups excluding carboxylic acids is 2. The summed E-state index contributed by atoms with van der Waals surface area (Å²) in [7, 11) is 1.30. The molecule has 0 radical (unpaired) electrons. The highest BCUT2D eigenvalue weighted by Crippen LogP contribution is 2.02. The van der Waals surface area contributed by atoms with Crippen molar-refractivity contribution in [3.05, 3.63) is 35.7 Å². The van der Waals surface area contributed by atoms with Crippen LogP contribution in [0.15, 0.2) is 24.3 Å². The third-order valence-electron chi connectivity index (χ3n) is 1.72. The van der Waals surface area contributed by atoms with Gasteiger partial charge in [0.1, 0.15) is 5.69 Å². The van der Waals surface area contributed by atoms with Gasteiger partial charge in [-0.15, -0.1) is 0 Å². The number of nitrogens with zero attached hydrogens (tertiary/aromatic N) is 1. The number of rotatable bonds is 3. The first-order valence-electron chi connectivity index (χ1n) is 4.37. The van der Waals surface area contributed by atoms with Crippen LogP contribution in [0.5, 0.6) is 0 Å². The van der Waals surface area contributed by atoms with Crippen LogP contribution in [0.4, 0.5) is 0 Å². The molecule has 1 rings (SSSR count). The van der Waals surface area contributed by atoms with Crippen molar-refractivity contribution in [3.63, 3.8) is 0 Å². The van der Waals surface area contributed by atoms with Crippen molar-refractivity contribution in [2.45, 2.75) is 6.92 Å². The lowest BCUT2D eigenvalue weighted by atomic mass is 10.2. The quantitative estimate of drug-likeness (QED) is 0.426. The fourth-order valence-corrected chi connectivity index (χ4v) is 0.962. The number of Topliss-reactive ketones (excluding diaryl/α,β-unsaturated/α-hetero) is 1. The summed E-state index contributed by atoms with van der Waals surface area (Å²) in [5.41, 5.74) is 0.926. The zero-order valence-corrected chi connectivity index (χ0v) is 8.56. The molecule has 0 spiro atoms. The number of pyridine rings is 1. The van der Waals surface area contributed by atoms with Crippen LogP contribution in [0.25, 0.3) is 6.08 Å². The van der Waals surface area contributed by atoms with E-state index in [2.05, 4.69) is 9.72 Å². The maximum absolute atomic E-state index is 11.0. The maximum atomic E-state index is 11.0. The number of hydrogen-bond acceptors (Lipinski definition) is 4. The highest BCUT2D eigenvalue weighted by atomic mass is 16.5. The second-order valence-electron chi connectivity index (χ2n) is 2.86. The van der Waals surface area contributed by atoms with Gasteiger partial charge in [-0.1, -0.05) is 6.07 Å². The van der Waals surface area contributed by atoms with Gasteiger partial charge >= 0.3 is 5.97 Å². The molecular formula is C11H11NO3. The molecule has 0 aliphatic rings. The minimum absolute atomic E-state index is 0.108. The van der Waals surface area contributed by atoms with Gasteiger partial charge in [0.15, 0.2) is 5.78 Å². The summed E-state index contributed by atoms with van der Waals surface area (Å²) in [6.07, 6.45) is 2.75. The largest absolute Gasteiger partial charge is 0.466 e. The Morgan fingerprint density at radius 3 is 2.73 bits per heavy atom. The van der Waals surface area contributed by atoms with Gasteiger partial charge < -0.3 is 4.74 Å². The van der Waals surface area contributed by atoms with E-state index in [1.165, 1.54) is 26.2 Å².